The van der Waals surface area contributed by atoms with Crippen molar-refractivity contribution >= 4 is 17.4 Å². The van der Waals surface area contributed by atoms with Gasteiger partial charge in [0, 0.05) is 36.0 Å². The van der Waals surface area contributed by atoms with Crippen LogP contribution in [0.5, 0.6) is 0 Å². The second-order valence-corrected chi connectivity index (χ2v) is 5.30. The molecular formula is C14H20ClNO2. The van der Waals surface area contributed by atoms with Gasteiger partial charge in [0.15, 0.2) is 5.78 Å². The highest BCUT2D eigenvalue weighted by molar-refractivity contribution is 6.30. The lowest BCUT2D eigenvalue weighted by Gasteiger charge is -2.24. The number of carbonyl (C=O) groups is 1. The molecule has 1 aromatic heterocycles. The Labute approximate surface area is 113 Å². The molecule has 0 aromatic carbocycles. The summed E-state index contributed by atoms with van der Waals surface area (Å²) in [6.07, 6.45) is 2.34. The molecule has 0 saturated carbocycles. The quantitative estimate of drug-likeness (QED) is 0.622. The van der Waals surface area contributed by atoms with Gasteiger partial charge in [0.05, 0.1) is 12.5 Å². The van der Waals surface area contributed by atoms with Gasteiger partial charge in [0.1, 0.15) is 0 Å². The minimum absolute atomic E-state index is 0.0101. The molecule has 0 radical (unpaired) electrons. The fraction of sp³-hybridized carbons (Fsp3) is 0.643. The number of carbonyl (C=O) groups excluding carboxylic acids is 1. The molecule has 1 fully saturated rings. The van der Waals surface area contributed by atoms with Crippen LogP contribution in [0.25, 0.3) is 0 Å². The van der Waals surface area contributed by atoms with Gasteiger partial charge in [-0.3, -0.25) is 4.79 Å². The summed E-state index contributed by atoms with van der Waals surface area (Å²) in [5.41, 5.74) is 2.93. The van der Waals surface area contributed by atoms with Gasteiger partial charge in [0.25, 0.3) is 0 Å². The van der Waals surface area contributed by atoms with Gasteiger partial charge >= 0.3 is 0 Å². The van der Waals surface area contributed by atoms with Crippen LogP contribution in [0.15, 0.2) is 6.07 Å². The zero-order valence-electron chi connectivity index (χ0n) is 11.0. The van der Waals surface area contributed by atoms with Crippen LogP contribution in [0.2, 0.25) is 0 Å². The number of ether oxygens (including phenoxy) is 1. The van der Waals surface area contributed by atoms with Gasteiger partial charge in [-0.1, -0.05) is 0 Å². The van der Waals surface area contributed by atoms with Crippen molar-refractivity contribution in [1.29, 1.82) is 0 Å². The van der Waals surface area contributed by atoms with E-state index in [0.717, 1.165) is 43.1 Å². The van der Waals surface area contributed by atoms with E-state index in [2.05, 4.69) is 4.57 Å². The van der Waals surface area contributed by atoms with Gasteiger partial charge in [-0.05, 0) is 32.8 Å². The maximum Gasteiger partial charge on any atom is 0.179 e. The SMILES string of the molecule is Cc1cc(C(=O)CCl)c(C)n1CC1CCCOC1. The van der Waals surface area contributed by atoms with Crippen molar-refractivity contribution in [3.63, 3.8) is 0 Å². The molecule has 0 aliphatic carbocycles. The molecule has 1 aliphatic rings. The van der Waals surface area contributed by atoms with Gasteiger partial charge in [-0.15, -0.1) is 11.6 Å². The molecule has 1 aliphatic heterocycles. The standard InChI is InChI=1S/C14H20ClNO2/c1-10-6-13(14(17)7-15)11(2)16(10)8-12-4-3-5-18-9-12/h6,12H,3-5,7-9H2,1-2H3. The number of hydrogen-bond acceptors (Lipinski definition) is 2. The molecular weight excluding hydrogens is 250 g/mol. The monoisotopic (exact) mass is 269 g/mol. The molecule has 2 rings (SSSR count). The predicted octanol–water partition coefficient (Wildman–Crippen LogP) is 2.95. The van der Waals surface area contributed by atoms with Crippen LogP contribution in [-0.2, 0) is 11.3 Å². The lowest BCUT2D eigenvalue weighted by Crippen LogP contribution is -2.23. The summed E-state index contributed by atoms with van der Waals surface area (Å²) in [6, 6.07) is 1.95. The van der Waals surface area contributed by atoms with E-state index < -0.39 is 0 Å². The number of aryl methyl sites for hydroxylation is 1. The van der Waals surface area contributed by atoms with Gasteiger partial charge in [0.2, 0.25) is 0 Å². The summed E-state index contributed by atoms with van der Waals surface area (Å²) < 4.78 is 7.73. The zero-order chi connectivity index (χ0) is 13.1. The number of rotatable bonds is 4. The average Bonchev–Trinajstić information content (AvgIpc) is 2.67. The summed E-state index contributed by atoms with van der Waals surface area (Å²) in [4.78, 5) is 11.7. The van der Waals surface area contributed by atoms with E-state index in [9.17, 15) is 4.79 Å². The molecule has 0 spiro atoms. The third-order valence-electron chi connectivity index (χ3n) is 3.69. The summed E-state index contributed by atoms with van der Waals surface area (Å²) in [6.45, 7) is 6.69. The molecule has 1 aromatic rings. The first kappa shape index (κ1) is 13.6. The van der Waals surface area contributed by atoms with Crippen LogP contribution >= 0.6 is 11.6 Å². The van der Waals surface area contributed by atoms with Crippen molar-refractivity contribution in [2.45, 2.75) is 33.2 Å². The fourth-order valence-electron chi connectivity index (χ4n) is 2.65. The van der Waals surface area contributed by atoms with E-state index in [1.165, 1.54) is 6.42 Å². The van der Waals surface area contributed by atoms with Crippen LogP contribution in [0, 0.1) is 19.8 Å². The van der Waals surface area contributed by atoms with Crippen LogP contribution in [-0.4, -0.2) is 29.4 Å². The number of ketones is 1. The number of Topliss-reactive ketones (excluding diaryl/α,β-unsaturated/α-hetero) is 1. The minimum atomic E-state index is 0.0101. The Kier molecular flexibility index (Phi) is 4.46. The van der Waals surface area contributed by atoms with Crippen molar-refractivity contribution in [3.8, 4) is 0 Å². The predicted molar refractivity (Wildman–Crippen MR) is 72.5 cm³/mol. The Balaban J connectivity index is 2.17. The minimum Gasteiger partial charge on any atom is -0.381 e. The summed E-state index contributed by atoms with van der Waals surface area (Å²) in [5.74, 6) is 0.620. The molecule has 1 unspecified atom stereocenters. The first-order valence-electron chi connectivity index (χ1n) is 6.47. The van der Waals surface area contributed by atoms with E-state index in [4.69, 9.17) is 16.3 Å². The van der Waals surface area contributed by atoms with Gasteiger partial charge in [-0.2, -0.15) is 0 Å². The van der Waals surface area contributed by atoms with Gasteiger partial charge in [-0.25, -0.2) is 0 Å². The molecule has 18 heavy (non-hydrogen) atoms. The van der Waals surface area contributed by atoms with E-state index in [-0.39, 0.29) is 11.7 Å². The maximum atomic E-state index is 11.7. The first-order valence-corrected chi connectivity index (χ1v) is 7.00. The molecule has 4 heteroatoms. The Hall–Kier alpha value is -0.800. The number of nitrogens with zero attached hydrogens (tertiary/aromatic N) is 1. The van der Waals surface area contributed by atoms with E-state index in [1.54, 1.807) is 0 Å². The summed E-state index contributed by atoms with van der Waals surface area (Å²) in [7, 11) is 0. The highest BCUT2D eigenvalue weighted by Gasteiger charge is 2.19. The molecule has 2 heterocycles. The highest BCUT2D eigenvalue weighted by atomic mass is 35.5. The van der Waals surface area contributed by atoms with E-state index in [0.29, 0.717) is 5.92 Å². The van der Waals surface area contributed by atoms with Crippen molar-refractivity contribution in [2.75, 3.05) is 19.1 Å². The normalized spacial score (nSPS) is 20.1. The van der Waals surface area contributed by atoms with Gasteiger partial charge < -0.3 is 9.30 Å². The van der Waals surface area contributed by atoms with E-state index >= 15 is 0 Å². The Morgan fingerprint density at radius 1 is 1.56 bits per heavy atom. The van der Waals surface area contributed by atoms with Crippen LogP contribution in [0.4, 0.5) is 0 Å². The molecule has 1 saturated heterocycles. The van der Waals surface area contributed by atoms with Crippen molar-refractivity contribution < 1.29 is 9.53 Å². The van der Waals surface area contributed by atoms with E-state index in [1.807, 2.05) is 19.9 Å². The number of halogens is 1. The average molecular weight is 270 g/mol. The first-order chi connectivity index (χ1) is 8.63. The molecule has 0 N–H and O–H groups in total. The van der Waals surface area contributed by atoms with Crippen LogP contribution < -0.4 is 0 Å². The topological polar surface area (TPSA) is 31.2 Å². The number of alkyl halides is 1. The molecule has 100 valence electrons. The Morgan fingerprint density at radius 2 is 2.33 bits per heavy atom. The van der Waals surface area contributed by atoms with Crippen molar-refractivity contribution in [1.82, 2.24) is 4.57 Å². The summed E-state index contributed by atoms with van der Waals surface area (Å²) in [5, 5.41) is 0. The fourth-order valence-corrected chi connectivity index (χ4v) is 2.79. The third kappa shape index (κ3) is 2.78. The third-order valence-corrected chi connectivity index (χ3v) is 3.93. The van der Waals surface area contributed by atoms with Crippen LogP contribution in [0.1, 0.15) is 34.6 Å². The Morgan fingerprint density at radius 3 is 2.94 bits per heavy atom. The lowest BCUT2D eigenvalue weighted by atomic mass is 10.0. The maximum absolute atomic E-state index is 11.7. The second kappa shape index (κ2) is 5.89. The highest BCUT2D eigenvalue weighted by Crippen LogP contribution is 2.21. The van der Waals surface area contributed by atoms with Crippen LogP contribution in [0.3, 0.4) is 0 Å². The second-order valence-electron chi connectivity index (χ2n) is 5.04. The zero-order valence-corrected chi connectivity index (χ0v) is 11.8. The smallest absolute Gasteiger partial charge is 0.179 e. The largest absolute Gasteiger partial charge is 0.381 e. The molecule has 3 nitrogen and oxygen atoms in total. The summed E-state index contributed by atoms with van der Waals surface area (Å²) >= 11 is 5.63. The number of hydrogen-bond donors (Lipinski definition) is 0. The number of aromatic nitrogens is 1. The molecule has 1 atom stereocenters. The Bertz CT molecular complexity index is 433. The van der Waals surface area contributed by atoms with Crippen molar-refractivity contribution in [2.24, 2.45) is 5.92 Å². The lowest BCUT2D eigenvalue weighted by molar-refractivity contribution is 0.0480. The molecule has 0 bridgehead atoms. The molecule has 0 amide bonds. The van der Waals surface area contributed by atoms with Crippen molar-refractivity contribution in [3.05, 3.63) is 23.0 Å².